The molecule has 1 aromatic carbocycles. The highest BCUT2D eigenvalue weighted by molar-refractivity contribution is 6.29. The molecule has 0 aliphatic carbocycles. The lowest BCUT2D eigenvalue weighted by atomic mass is 10.3. The van der Waals surface area contributed by atoms with Crippen LogP contribution >= 0.6 is 11.6 Å². The van der Waals surface area contributed by atoms with Gasteiger partial charge in [0.2, 0.25) is 5.95 Å². The van der Waals surface area contributed by atoms with Crippen LogP contribution in [0.1, 0.15) is 6.42 Å². The number of nitrogens with two attached hydrogens (primary N) is 1. The van der Waals surface area contributed by atoms with Crippen molar-refractivity contribution in [2.24, 2.45) is 0 Å². The first-order valence-corrected chi connectivity index (χ1v) is 6.83. The molecule has 5 nitrogen and oxygen atoms in total. The van der Waals surface area contributed by atoms with Gasteiger partial charge in [-0.1, -0.05) is 29.8 Å². The van der Waals surface area contributed by atoms with Crippen LogP contribution < -0.4 is 16.0 Å². The number of hydrogen-bond acceptors (Lipinski definition) is 5. The summed E-state index contributed by atoms with van der Waals surface area (Å²) in [6, 6.07) is 11.9. The number of rotatable bonds is 6. The zero-order valence-corrected chi connectivity index (χ0v) is 12.1. The fraction of sp³-hybridized carbons (Fsp3) is 0.286. The SMILES string of the molecule is CN(CCCNc1cc(Cl)nc(N)n1)c1ccccc1. The summed E-state index contributed by atoms with van der Waals surface area (Å²) in [4.78, 5) is 10.1. The van der Waals surface area contributed by atoms with Crippen LogP contribution in [0.15, 0.2) is 36.4 Å². The number of halogens is 1. The van der Waals surface area contributed by atoms with E-state index in [1.165, 1.54) is 5.69 Å². The van der Waals surface area contributed by atoms with Crippen molar-refractivity contribution in [2.45, 2.75) is 6.42 Å². The molecule has 0 spiro atoms. The Morgan fingerprint density at radius 3 is 2.70 bits per heavy atom. The highest BCUT2D eigenvalue weighted by atomic mass is 35.5. The molecule has 0 bridgehead atoms. The third-order valence-corrected chi connectivity index (χ3v) is 3.08. The van der Waals surface area contributed by atoms with E-state index in [9.17, 15) is 0 Å². The Kier molecular flexibility index (Phi) is 5.01. The smallest absolute Gasteiger partial charge is 0.223 e. The highest BCUT2D eigenvalue weighted by Gasteiger charge is 2.01. The summed E-state index contributed by atoms with van der Waals surface area (Å²) in [5.41, 5.74) is 6.74. The molecule has 6 heteroatoms. The van der Waals surface area contributed by atoms with E-state index < -0.39 is 0 Å². The van der Waals surface area contributed by atoms with Crippen molar-refractivity contribution in [1.29, 1.82) is 0 Å². The molecule has 2 aromatic rings. The molecule has 1 aromatic heterocycles. The number of para-hydroxylation sites is 1. The third-order valence-electron chi connectivity index (χ3n) is 2.89. The van der Waals surface area contributed by atoms with Crippen LogP contribution in [-0.2, 0) is 0 Å². The van der Waals surface area contributed by atoms with E-state index in [0.29, 0.717) is 11.0 Å². The molecule has 0 atom stereocenters. The summed E-state index contributed by atoms with van der Waals surface area (Å²) in [6.45, 7) is 1.75. The number of nitrogen functional groups attached to an aromatic ring is 1. The van der Waals surface area contributed by atoms with Crippen LogP contribution in [0.5, 0.6) is 0 Å². The van der Waals surface area contributed by atoms with E-state index in [-0.39, 0.29) is 5.95 Å². The topological polar surface area (TPSA) is 67.1 Å². The second kappa shape index (κ2) is 6.96. The summed E-state index contributed by atoms with van der Waals surface area (Å²) in [6.07, 6.45) is 0.979. The number of hydrogen-bond donors (Lipinski definition) is 2. The molecule has 0 fully saturated rings. The third kappa shape index (κ3) is 4.28. The first kappa shape index (κ1) is 14.4. The number of benzene rings is 1. The summed E-state index contributed by atoms with van der Waals surface area (Å²) < 4.78 is 0. The van der Waals surface area contributed by atoms with Crippen molar-refractivity contribution in [3.05, 3.63) is 41.6 Å². The molecule has 0 aliphatic rings. The minimum absolute atomic E-state index is 0.182. The number of nitrogens with zero attached hydrogens (tertiary/aromatic N) is 3. The van der Waals surface area contributed by atoms with E-state index >= 15 is 0 Å². The second-order valence-electron chi connectivity index (χ2n) is 4.47. The van der Waals surface area contributed by atoms with Crippen LogP contribution in [0.3, 0.4) is 0 Å². The molecule has 0 saturated heterocycles. The van der Waals surface area contributed by atoms with Crippen molar-refractivity contribution < 1.29 is 0 Å². The van der Waals surface area contributed by atoms with Crippen molar-refractivity contribution in [3.8, 4) is 0 Å². The molecule has 0 amide bonds. The fourth-order valence-corrected chi connectivity index (χ4v) is 2.06. The van der Waals surface area contributed by atoms with E-state index in [4.69, 9.17) is 17.3 Å². The molecular weight excluding hydrogens is 274 g/mol. The van der Waals surface area contributed by atoms with Crippen molar-refractivity contribution in [1.82, 2.24) is 9.97 Å². The van der Waals surface area contributed by atoms with Crippen LogP contribution in [-0.4, -0.2) is 30.1 Å². The van der Waals surface area contributed by atoms with Gasteiger partial charge in [0.05, 0.1) is 0 Å². The minimum Gasteiger partial charge on any atom is -0.375 e. The molecule has 0 saturated carbocycles. The average Bonchev–Trinajstić information content (AvgIpc) is 2.43. The fourth-order valence-electron chi connectivity index (χ4n) is 1.87. The van der Waals surface area contributed by atoms with Crippen LogP contribution in [0.2, 0.25) is 5.15 Å². The Labute approximate surface area is 123 Å². The average molecular weight is 292 g/mol. The predicted molar refractivity (Wildman–Crippen MR) is 84.3 cm³/mol. The molecule has 2 rings (SSSR count). The highest BCUT2D eigenvalue weighted by Crippen LogP contribution is 2.13. The molecule has 20 heavy (non-hydrogen) atoms. The van der Waals surface area contributed by atoms with Gasteiger partial charge in [-0.15, -0.1) is 0 Å². The van der Waals surface area contributed by atoms with Crippen molar-refractivity contribution in [3.63, 3.8) is 0 Å². The summed E-state index contributed by atoms with van der Waals surface area (Å²) >= 11 is 5.81. The molecule has 0 aliphatic heterocycles. The number of anilines is 3. The zero-order valence-electron chi connectivity index (χ0n) is 11.4. The maximum atomic E-state index is 5.81. The first-order chi connectivity index (χ1) is 9.65. The quantitative estimate of drug-likeness (QED) is 0.633. The minimum atomic E-state index is 0.182. The molecular formula is C14H18ClN5. The lowest BCUT2D eigenvalue weighted by Crippen LogP contribution is -2.20. The predicted octanol–water partition coefficient (Wildman–Crippen LogP) is 2.65. The monoisotopic (exact) mass is 291 g/mol. The van der Waals surface area contributed by atoms with Gasteiger partial charge in [-0.3, -0.25) is 0 Å². The van der Waals surface area contributed by atoms with Gasteiger partial charge in [0.25, 0.3) is 0 Å². The molecule has 0 unspecified atom stereocenters. The van der Waals surface area contributed by atoms with Gasteiger partial charge >= 0.3 is 0 Å². The summed E-state index contributed by atoms with van der Waals surface area (Å²) in [5, 5.41) is 3.54. The largest absolute Gasteiger partial charge is 0.375 e. The van der Waals surface area contributed by atoms with Crippen LogP contribution in [0.25, 0.3) is 0 Å². The van der Waals surface area contributed by atoms with Crippen molar-refractivity contribution in [2.75, 3.05) is 36.1 Å². The van der Waals surface area contributed by atoms with Gasteiger partial charge in [0, 0.05) is 31.9 Å². The van der Waals surface area contributed by atoms with Gasteiger partial charge in [-0.25, -0.2) is 4.98 Å². The van der Waals surface area contributed by atoms with Crippen molar-refractivity contribution >= 4 is 29.1 Å². The Hall–Kier alpha value is -2.01. The van der Waals surface area contributed by atoms with Crippen LogP contribution in [0.4, 0.5) is 17.5 Å². The lowest BCUT2D eigenvalue weighted by Gasteiger charge is -2.19. The number of nitrogens with one attached hydrogen (secondary N) is 1. The second-order valence-corrected chi connectivity index (χ2v) is 4.86. The summed E-state index contributed by atoms with van der Waals surface area (Å²) in [7, 11) is 2.08. The Balaban J connectivity index is 1.76. The number of aromatic nitrogens is 2. The zero-order chi connectivity index (χ0) is 14.4. The van der Waals surface area contributed by atoms with E-state index in [1.54, 1.807) is 6.07 Å². The van der Waals surface area contributed by atoms with Gasteiger partial charge in [-0.2, -0.15) is 4.98 Å². The lowest BCUT2D eigenvalue weighted by molar-refractivity contribution is 0.814. The van der Waals surface area contributed by atoms with Gasteiger partial charge in [-0.05, 0) is 18.6 Å². The van der Waals surface area contributed by atoms with Gasteiger partial charge < -0.3 is 16.0 Å². The first-order valence-electron chi connectivity index (χ1n) is 6.45. The summed E-state index contributed by atoms with van der Waals surface area (Å²) in [5.74, 6) is 0.839. The van der Waals surface area contributed by atoms with Crippen LogP contribution in [0, 0.1) is 0 Å². The normalized spacial score (nSPS) is 10.3. The van der Waals surface area contributed by atoms with E-state index in [1.807, 2.05) is 18.2 Å². The molecule has 3 N–H and O–H groups in total. The Bertz CT molecular complexity index is 526. The van der Waals surface area contributed by atoms with E-state index in [0.717, 1.165) is 19.5 Å². The van der Waals surface area contributed by atoms with E-state index in [2.05, 4.69) is 39.4 Å². The molecule has 106 valence electrons. The standard InChI is InChI=1S/C14H18ClN5/c1-20(11-6-3-2-4-7-11)9-5-8-17-13-10-12(15)18-14(16)19-13/h2-4,6-7,10H,5,8-9H2,1H3,(H3,16,17,18,19). The Morgan fingerprint density at radius 1 is 1.25 bits per heavy atom. The maximum Gasteiger partial charge on any atom is 0.223 e. The van der Waals surface area contributed by atoms with Gasteiger partial charge in [0.1, 0.15) is 11.0 Å². The van der Waals surface area contributed by atoms with Gasteiger partial charge in [0.15, 0.2) is 0 Å². The molecule has 0 radical (unpaired) electrons. The maximum absolute atomic E-state index is 5.81. The Morgan fingerprint density at radius 2 is 2.00 bits per heavy atom. The molecule has 1 heterocycles.